The van der Waals surface area contributed by atoms with Gasteiger partial charge in [-0.05, 0) is 47.5 Å². The second-order valence-corrected chi connectivity index (χ2v) is 8.92. The summed E-state index contributed by atoms with van der Waals surface area (Å²) in [5.41, 5.74) is 2.44. The molecule has 0 atom stereocenters. The number of fused-ring (bicyclic) bond motifs is 1. The highest BCUT2D eigenvalue weighted by Gasteiger charge is 2.13. The summed E-state index contributed by atoms with van der Waals surface area (Å²) in [7, 11) is 7.85. The van der Waals surface area contributed by atoms with Gasteiger partial charge in [-0.1, -0.05) is 29.6 Å². The number of carbonyl (C=O) groups is 1. The summed E-state index contributed by atoms with van der Waals surface area (Å²) in [6, 6.07) is 14.7. The minimum Gasteiger partial charge on any atom is -0.497 e. The summed E-state index contributed by atoms with van der Waals surface area (Å²) in [4.78, 5) is 17.0. The minimum absolute atomic E-state index is 0.213. The van der Waals surface area contributed by atoms with E-state index in [2.05, 4.69) is 10.3 Å². The monoisotopic (exact) mass is 536 g/mol. The third kappa shape index (κ3) is 6.09. The molecule has 0 saturated heterocycles. The predicted molar refractivity (Wildman–Crippen MR) is 148 cm³/mol. The van der Waals surface area contributed by atoms with E-state index in [-0.39, 0.29) is 12.5 Å². The predicted octanol–water partition coefficient (Wildman–Crippen LogP) is 5.53. The van der Waals surface area contributed by atoms with Gasteiger partial charge in [0.15, 0.2) is 34.7 Å². The average Bonchev–Trinajstić information content (AvgIpc) is 3.35. The highest BCUT2D eigenvalue weighted by molar-refractivity contribution is 7.22. The third-order valence-electron chi connectivity index (χ3n) is 5.54. The Kier molecular flexibility index (Phi) is 8.55. The topological polar surface area (TPSA) is 97.4 Å². The van der Waals surface area contributed by atoms with Gasteiger partial charge in [-0.3, -0.25) is 10.1 Å². The van der Waals surface area contributed by atoms with Crippen LogP contribution in [0.15, 0.2) is 48.5 Å². The number of amides is 1. The van der Waals surface area contributed by atoms with Gasteiger partial charge in [-0.2, -0.15) is 0 Å². The van der Waals surface area contributed by atoms with E-state index in [1.54, 1.807) is 47.7 Å². The Labute approximate surface area is 224 Å². The Bertz CT molecular complexity index is 1440. The van der Waals surface area contributed by atoms with E-state index in [4.69, 9.17) is 28.4 Å². The number of nitrogens with one attached hydrogen (secondary N) is 1. The number of benzene rings is 3. The second kappa shape index (κ2) is 12.2. The summed E-state index contributed by atoms with van der Waals surface area (Å²) in [5.74, 6) is 2.95. The molecule has 10 heteroatoms. The van der Waals surface area contributed by atoms with Crippen LogP contribution in [0.1, 0.15) is 11.1 Å². The van der Waals surface area contributed by atoms with Gasteiger partial charge in [-0.15, -0.1) is 0 Å². The van der Waals surface area contributed by atoms with Gasteiger partial charge in [-0.25, -0.2) is 4.98 Å². The average molecular weight is 537 g/mol. The fraction of sp³-hybridized carbons (Fsp3) is 0.214. The smallest absolute Gasteiger partial charge is 0.264 e. The maximum absolute atomic E-state index is 12.6. The van der Waals surface area contributed by atoms with Crippen molar-refractivity contribution in [1.82, 2.24) is 4.98 Å². The molecular weight excluding hydrogens is 508 g/mol. The van der Waals surface area contributed by atoms with Gasteiger partial charge >= 0.3 is 0 Å². The van der Waals surface area contributed by atoms with E-state index in [0.717, 1.165) is 21.3 Å². The van der Waals surface area contributed by atoms with E-state index in [9.17, 15) is 4.79 Å². The molecule has 1 heterocycles. The van der Waals surface area contributed by atoms with Crippen LogP contribution in [0.5, 0.6) is 34.5 Å². The van der Waals surface area contributed by atoms with Gasteiger partial charge in [0.25, 0.3) is 5.91 Å². The van der Waals surface area contributed by atoms with Crippen molar-refractivity contribution in [3.05, 3.63) is 59.7 Å². The SMILES string of the molecule is COc1ccc2sc(NC(=O)COc3cc(C=Cc4cc(OC)c(OC)c(OC)c4)ccc3OC)nc2c1. The summed E-state index contributed by atoms with van der Waals surface area (Å²) in [5, 5.41) is 3.26. The van der Waals surface area contributed by atoms with Gasteiger partial charge < -0.3 is 28.4 Å². The van der Waals surface area contributed by atoms with Crippen molar-refractivity contribution in [3.63, 3.8) is 0 Å². The summed E-state index contributed by atoms with van der Waals surface area (Å²) < 4.78 is 33.6. The zero-order chi connectivity index (χ0) is 27.1. The molecule has 0 aliphatic heterocycles. The maximum Gasteiger partial charge on any atom is 0.264 e. The molecule has 0 aliphatic carbocycles. The van der Waals surface area contributed by atoms with Crippen LogP contribution >= 0.6 is 11.3 Å². The fourth-order valence-electron chi connectivity index (χ4n) is 3.69. The summed E-state index contributed by atoms with van der Waals surface area (Å²) in [6.07, 6.45) is 3.81. The van der Waals surface area contributed by atoms with Crippen molar-refractivity contribution < 1.29 is 33.2 Å². The molecule has 0 fully saturated rings. The maximum atomic E-state index is 12.6. The van der Waals surface area contributed by atoms with Crippen LogP contribution in [0.2, 0.25) is 0 Å². The highest BCUT2D eigenvalue weighted by atomic mass is 32.1. The number of thiazole rings is 1. The molecule has 1 amide bonds. The van der Waals surface area contributed by atoms with Crippen molar-refractivity contribution in [2.24, 2.45) is 0 Å². The van der Waals surface area contributed by atoms with Crippen molar-refractivity contribution in [2.75, 3.05) is 47.5 Å². The Morgan fingerprint density at radius 3 is 2.13 bits per heavy atom. The number of hydrogen-bond donors (Lipinski definition) is 1. The molecule has 1 N–H and O–H groups in total. The fourth-order valence-corrected chi connectivity index (χ4v) is 4.55. The molecule has 38 heavy (non-hydrogen) atoms. The number of carbonyl (C=O) groups excluding carboxylic acids is 1. The van der Waals surface area contributed by atoms with Crippen molar-refractivity contribution in [2.45, 2.75) is 0 Å². The van der Waals surface area contributed by atoms with Gasteiger partial charge in [0.2, 0.25) is 5.75 Å². The Morgan fingerprint density at radius 1 is 0.789 bits per heavy atom. The molecule has 198 valence electrons. The molecule has 4 aromatic rings. The lowest BCUT2D eigenvalue weighted by atomic mass is 10.1. The van der Waals surface area contributed by atoms with Crippen LogP contribution in [-0.2, 0) is 4.79 Å². The Morgan fingerprint density at radius 2 is 1.47 bits per heavy atom. The molecular formula is C28H28N2O7S. The lowest BCUT2D eigenvalue weighted by Crippen LogP contribution is -2.20. The second-order valence-electron chi connectivity index (χ2n) is 7.89. The normalized spacial score (nSPS) is 10.9. The first-order valence-electron chi connectivity index (χ1n) is 11.5. The van der Waals surface area contributed by atoms with Crippen LogP contribution in [-0.4, -0.2) is 53.0 Å². The quantitative estimate of drug-likeness (QED) is 0.250. The van der Waals surface area contributed by atoms with Crippen LogP contribution in [0.25, 0.3) is 22.4 Å². The van der Waals surface area contributed by atoms with Crippen molar-refractivity contribution in [3.8, 4) is 34.5 Å². The highest BCUT2D eigenvalue weighted by Crippen LogP contribution is 2.39. The van der Waals surface area contributed by atoms with Crippen LogP contribution < -0.4 is 33.7 Å². The number of ether oxygens (including phenoxy) is 6. The number of aromatic nitrogens is 1. The molecule has 0 radical (unpaired) electrons. The molecule has 0 saturated carbocycles. The van der Waals surface area contributed by atoms with E-state index in [1.807, 2.05) is 48.6 Å². The Hall–Kier alpha value is -4.44. The lowest BCUT2D eigenvalue weighted by molar-refractivity contribution is -0.118. The number of rotatable bonds is 11. The zero-order valence-electron chi connectivity index (χ0n) is 21.7. The van der Waals surface area contributed by atoms with E-state index in [1.165, 1.54) is 11.3 Å². The van der Waals surface area contributed by atoms with Crippen LogP contribution in [0.4, 0.5) is 5.13 Å². The van der Waals surface area contributed by atoms with Crippen LogP contribution in [0.3, 0.4) is 0 Å². The van der Waals surface area contributed by atoms with E-state index >= 15 is 0 Å². The van der Waals surface area contributed by atoms with E-state index in [0.29, 0.717) is 39.6 Å². The first kappa shape index (κ1) is 26.6. The third-order valence-corrected chi connectivity index (χ3v) is 6.49. The first-order chi connectivity index (χ1) is 18.5. The summed E-state index contributed by atoms with van der Waals surface area (Å²) in [6.45, 7) is -0.213. The number of hydrogen-bond acceptors (Lipinski definition) is 9. The molecule has 3 aromatic carbocycles. The Balaban J connectivity index is 1.46. The van der Waals surface area contributed by atoms with E-state index < -0.39 is 0 Å². The first-order valence-corrected chi connectivity index (χ1v) is 12.3. The molecule has 0 bridgehead atoms. The lowest BCUT2D eigenvalue weighted by Gasteiger charge is -2.13. The molecule has 4 rings (SSSR count). The minimum atomic E-state index is -0.337. The van der Waals surface area contributed by atoms with Crippen molar-refractivity contribution in [1.29, 1.82) is 0 Å². The number of nitrogens with zero attached hydrogens (tertiary/aromatic N) is 1. The molecule has 0 spiro atoms. The largest absolute Gasteiger partial charge is 0.497 e. The zero-order valence-corrected chi connectivity index (χ0v) is 22.5. The molecule has 0 unspecified atom stereocenters. The van der Waals surface area contributed by atoms with Crippen molar-refractivity contribution >= 4 is 44.7 Å². The molecule has 9 nitrogen and oxygen atoms in total. The van der Waals surface area contributed by atoms with Gasteiger partial charge in [0, 0.05) is 6.07 Å². The molecule has 0 aliphatic rings. The number of anilines is 1. The van der Waals surface area contributed by atoms with Crippen LogP contribution in [0, 0.1) is 0 Å². The number of methoxy groups -OCH3 is 5. The molecule has 1 aromatic heterocycles. The summed E-state index contributed by atoms with van der Waals surface area (Å²) >= 11 is 1.37. The van der Waals surface area contributed by atoms with Gasteiger partial charge in [0.05, 0.1) is 45.8 Å². The standard InChI is InChI=1S/C28H28N2O7S/c1-32-19-9-11-25-20(15-19)29-28(38-25)30-26(31)16-37-22-12-17(8-10-21(22)33-2)6-7-18-13-23(34-3)27(36-5)24(14-18)35-4/h6-15H,16H2,1-5H3,(H,29,30,31). The van der Waals surface area contributed by atoms with Gasteiger partial charge in [0.1, 0.15) is 5.75 Å².